The Morgan fingerprint density at radius 3 is 1.64 bits per heavy atom. The third-order valence-corrected chi connectivity index (χ3v) is 6.66. The van der Waals surface area contributed by atoms with Crippen LogP contribution in [0.5, 0.6) is 11.5 Å². The lowest BCUT2D eigenvalue weighted by atomic mass is 10.2. The quantitative estimate of drug-likeness (QED) is 0.306. The van der Waals surface area contributed by atoms with Gasteiger partial charge in [0.2, 0.25) is 0 Å². The standard InChI is InChI=1S/C19H15BrClO3P/c20-16-13-11-15(12-14-16)19(21)25(22,23-17-7-3-1-4-8-17)24-18-9-5-2-6-10-18/h1-14,19H/t19-/m0/s1. The molecule has 0 aliphatic heterocycles. The molecule has 3 aromatic carbocycles. The summed E-state index contributed by atoms with van der Waals surface area (Å²) in [6.45, 7) is 0. The molecule has 0 bridgehead atoms. The second kappa shape index (κ2) is 8.09. The van der Waals surface area contributed by atoms with Crippen LogP contribution in [0.3, 0.4) is 0 Å². The van der Waals surface area contributed by atoms with Crippen molar-refractivity contribution in [3.8, 4) is 11.5 Å². The number of halogens is 2. The van der Waals surface area contributed by atoms with Crippen molar-refractivity contribution in [2.24, 2.45) is 0 Å². The maximum Gasteiger partial charge on any atom is 0.452 e. The Morgan fingerprint density at radius 1 is 0.760 bits per heavy atom. The van der Waals surface area contributed by atoms with E-state index in [-0.39, 0.29) is 0 Å². The van der Waals surface area contributed by atoms with Gasteiger partial charge in [-0.3, -0.25) is 0 Å². The first kappa shape index (κ1) is 18.1. The summed E-state index contributed by atoms with van der Waals surface area (Å²) < 4.78 is 25.9. The molecule has 0 radical (unpaired) electrons. The van der Waals surface area contributed by atoms with Gasteiger partial charge in [0.05, 0.1) is 0 Å². The van der Waals surface area contributed by atoms with Crippen LogP contribution in [0.1, 0.15) is 10.7 Å². The molecule has 0 aliphatic rings. The van der Waals surface area contributed by atoms with Crippen LogP contribution in [-0.2, 0) is 4.57 Å². The molecule has 0 spiro atoms. The fraction of sp³-hybridized carbons (Fsp3) is 0.0526. The van der Waals surface area contributed by atoms with Gasteiger partial charge < -0.3 is 9.05 Å². The second-order valence-electron chi connectivity index (χ2n) is 5.24. The van der Waals surface area contributed by atoms with Crippen molar-refractivity contribution in [1.82, 2.24) is 0 Å². The van der Waals surface area contributed by atoms with Gasteiger partial charge in [0.25, 0.3) is 0 Å². The summed E-state index contributed by atoms with van der Waals surface area (Å²) in [4.78, 5) is 0. The van der Waals surface area contributed by atoms with Gasteiger partial charge in [-0.05, 0) is 42.0 Å². The van der Waals surface area contributed by atoms with Gasteiger partial charge in [0.15, 0.2) is 5.12 Å². The van der Waals surface area contributed by atoms with E-state index in [1.807, 2.05) is 24.3 Å². The molecule has 0 unspecified atom stereocenters. The Labute approximate surface area is 160 Å². The monoisotopic (exact) mass is 436 g/mol. The molecule has 1 atom stereocenters. The number of para-hydroxylation sites is 2. The number of rotatable bonds is 6. The molecule has 0 heterocycles. The van der Waals surface area contributed by atoms with E-state index in [2.05, 4.69) is 15.9 Å². The van der Waals surface area contributed by atoms with Crippen LogP contribution < -0.4 is 9.05 Å². The SMILES string of the molecule is O=P(Oc1ccccc1)(Oc1ccccc1)[C@H](Cl)c1ccc(Br)cc1. The van der Waals surface area contributed by atoms with Gasteiger partial charge in [-0.2, -0.15) is 0 Å². The van der Waals surface area contributed by atoms with Gasteiger partial charge in [-0.15, -0.1) is 11.6 Å². The van der Waals surface area contributed by atoms with Crippen molar-refractivity contribution in [1.29, 1.82) is 0 Å². The molecule has 0 saturated carbocycles. The summed E-state index contributed by atoms with van der Waals surface area (Å²) in [6, 6.07) is 25.0. The maximum absolute atomic E-state index is 13.5. The first-order valence-electron chi connectivity index (χ1n) is 7.55. The number of hydrogen-bond acceptors (Lipinski definition) is 3. The highest BCUT2D eigenvalue weighted by atomic mass is 79.9. The molecule has 0 amide bonds. The molecule has 25 heavy (non-hydrogen) atoms. The smallest absolute Gasteiger partial charge is 0.415 e. The van der Waals surface area contributed by atoms with Gasteiger partial charge in [0.1, 0.15) is 11.5 Å². The van der Waals surface area contributed by atoms with E-state index < -0.39 is 12.7 Å². The van der Waals surface area contributed by atoms with Crippen LogP contribution in [0.2, 0.25) is 0 Å². The van der Waals surface area contributed by atoms with E-state index in [4.69, 9.17) is 20.6 Å². The zero-order valence-electron chi connectivity index (χ0n) is 13.1. The van der Waals surface area contributed by atoms with E-state index in [0.717, 1.165) is 4.47 Å². The summed E-state index contributed by atoms with van der Waals surface area (Å²) in [5.41, 5.74) is 0.653. The molecule has 0 N–H and O–H groups in total. The Morgan fingerprint density at radius 2 is 1.20 bits per heavy atom. The predicted octanol–water partition coefficient (Wildman–Crippen LogP) is 7.04. The number of hydrogen-bond donors (Lipinski definition) is 0. The normalized spacial score (nSPS) is 12.4. The van der Waals surface area contributed by atoms with Crippen LogP contribution in [0.15, 0.2) is 89.4 Å². The third kappa shape index (κ3) is 4.66. The molecular weight excluding hydrogens is 423 g/mol. The third-order valence-electron chi connectivity index (χ3n) is 3.37. The molecule has 128 valence electrons. The Bertz CT molecular complexity index is 811. The lowest BCUT2D eigenvalue weighted by Gasteiger charge is -2.24. The van der Waals surface area contributed by atoms with Crippen LogP contribution in [-0.4, -0.2) is 0 Å². The van der Waals surface area contributed by atoms with Crippen LogP contribution in [0, 0.1) is 0 Å². The zero-order chi connectivity index (χ0) is 17.7. The van der Waals surface area contributed by atoms with Crippen molar-refractivity contribution in [3.63, 3.8) is 0 Å². The van der Waals surface area contributed by atoms with E-state index in [9.17, 15) is 4.57 Å². The number of benzene rings is 3. The molecule has 0 saturated heterocycles. The Balaban J connectivity index is 1.95. The maximum atomic E-state index is 13.5. The van der Waals surface area contributed by atoms with Crippen LogP contribution >= 0.6 is 35.1 Å². The highest BCUT2D eigenvalue weighted by Gasteiger charge is 2.39. The highest BCUT2D eigenvalue weighted by Crippen LogP contribution is 2.62. The van der Waals surface area contributed by atoms with Crippen molar-refractivity contribution in [2.75, 3.05) is 0 Å². The molecule has 0 aliphatic carbocycles. The predicted molar refractivity (Wildman–Crippen MR) is 104 cm³/mol. The molecule has 6 heteroatoms. The van der Waals surface area contributed by atoms with Gasteiger partial charge in [-0.25, -0.2) is 4.57 Å². The molecule has 0 aromatic heterocycles. The summed E-state index contributed by atoms with van der Waals surface area (Å²) in [5, 5.41) is -0.957. The molecule has 3 nitrogen and oxygen atoms in total. The Hall–Kier alpha value is -1.74. The van der Waals surface area contributed by atoms with Crippen molar-refractivity contribution in [3.05, 3.63) is 95.0 Å². The van der Waals surface area contributed by atoms with Crippen molar-refractivity contribution >= 4 is 35.1 Å². The van der Waals surface area contributed by atoms with Crippen molar-refractivity contribution < 1.29 is 13.6 Å². The van der Waals surface area contributed by atoms with Gasteiger partial charge >= 0.3 is 7.60 Å². The minimum atomic E-state index is -3.74. The topological polar surface area (TPSA) is 35.5 Å². The lowest BCUT2D eigenvalue weighted by Crippen LogP contribution is -2.07. The van der Waals surface area contributed by atoms with Gasteiger partial charge in [0, 0.05) is 4.47 Å². The van der Waals surface area contributed by atoms with Crippen LogP contribution in [0.25, 0.3) is 0 Å². The molecule has 3 rings (SSSR count). The summed E-state index contributed by atoms with van der Waals surface area (Å²) >= 11 is 9.92. The lowest BCUT2D eigenvalue weighted by molar-refractivity contribution is 0.383. The second-order valence-corrected chi connectivity index (χ2v) is 8.85. The first-order valence-corrected chi connectivity index (χ1v) is 10.4. The summed E-state index contributed by atoms with van der Waals surface area (Å²) in [7, 11) is -3.74. The fourth-order valence-corrected chi connectivity index (χ4v) is 4.41. The minimum Gasteiger partial charge on any atom is -0.415 e. The average molecular weight is 438 g/mol. The molecule has 0 fully saturated rings. The van der Waals surface area contributed by atoms with E-state index in [1.54, 1.807) is 60.7 Å². The largest absolute Gasteiger partial charge is 0.452 e. The zero-order valence-corrected chi connectivity index (χ0v) is 16.3. The Kier molecular flexibility index (Phi) is 5.85. The van der Waals surface area contributed by atoms with E-state index >= 15 is 0 Å². The fourth-order valence-electron chi connectivity index (χ4n) is 2.17. The first-order chi connectivity index (χ1) is 12.1. The van der Waals surface area contributed by atoms with Crippen molar-refractivity contribution in [2.45, 2.75) is 5.12 Å². The average Bonchev–Trinajstić information content (AvgIpc) is 2.63. The van der Waals surface area contributed by atoms with E-state index in [0.29, 0.717) is 17.1 Å². The minimum absolute atomic E-state index is 0.435. The van der Waals surface area contributed by atoms with Crippen LogP contribution in [0.4, 0.5) is 0 Å². The molecular formula is C19H15BrClO3P. The summed E-state index contributed by atoms with van der Waals surface area (Å²) in [5.74, 6) is 0.869. The molecule has 3 aromatic rings. The summed E-state index contributed by atoms with van der Waals surface area (Å²) in [6.07, 6.45) is 0. The number of alkyl halides is 1. The van der Waals surface area contributed by atoms with E-state index in [1.165, 1.54) is 0 Å². The van der Waals surface area contributed by atoms with Gasteiger partial charge in [-0.1, -0.05) is 64.5 Å². The highest BCUT2D eigenvalue weighted by molar-refractivity contribution is 9.10.